The van der Waals surface area contributed by atoms with Crippen molar-refractivity contribution in [2.24, 2.45) is 9.98 Å². The first-order valence-corrected chi connectivity index (χ1v) is 10.8. The fourth-order valence-electron chi connectivity index (χ4n) is 2.80. The van der Waals surface area contributed by atoms with Crippen molar-refractivity contribution in [2.45, 2.75) is 31.6 Å². The van der Waals surface area contributed by atoms with E-state index in [-0.39, 0.29) is 28.5 Å². The third-order valence-corrected chi connectivity index (χ3v) is 7.46. The Morgan fingerprint density at radius 1 is 1.46 bits per heavy atom. The third kappa shape index (κ3) is 3.47. The molecule has 11 heteroatoms. The van der Waals surface area contributed by atoms with E-state index in [0.717, 1.165) is 0 Å². The van der Waals surface area contributed by atoms with Crippen molar-refractivity contribution in [1.29, 1.82) is 0 Å². The van der Waals surface area contributed by atoms with Crippen LogP contribution < -0.4 is 0 Å². The van der Waals surface area contributed by atoms with Crippen molar-refractivity contribution in [2.75, 3.05) is 18.8 Å². The van der Waals surface area contributed by atoms with E-state index in [1.54, 1.807) is 27.0 Å². The average molecular weight is 467 g/mol. The fraction of sp³-hybridized carbons (Fsp3) is 0.533. The molecule has 142 valence electrons. The predicted octanol–water partition coefficient (Wildman–Crippen LogP) is 2.52. The Hall–Kier alpha value is -1.23. The lowest BCUT2D eigenvalue weighted by molar-refractivity contribution is -0.595. The van der Waals surface area contributed by atoms with Gasteiger partial charge in [0.15, 0.2) is 21.6 Å². The van der Waals surface area contributed by atoms with Crippen LogP contribution >= 0.6 is 27.7 Å². The summed E-state index contributed by atoms with van der Waals surface area (Å²) in [5.74, 6) is -0.171. The summed E-state index contributed by atoms with van der Waals surface area (Å²) in [7, 11) is -3.51. The van der Waals surface area contributed by atoms with Gasteiger partial charge >= 0.3 is 6.09 Å². The van der Waals surface area contributed by atoms with Crippen molar-refractivity contribution in [1.82, 2.24) is 4.90 Å². The number of aliphatic imine (C=N–C) groups is 2. The van der Waals surface area contributed by atoms with Gasteiger partial charge in [0.1, 0.15) is 22.7 Å². The smallest absolute Gasteiger partial charge is 0.410 e. The average Bonchev–Trinajstić information content (AvgIpc) is 2.77. The first kappa shape index (κ1) is 19.5. The summed E-state index contributed by atoms with van der Waals surface area (Å²) in [6.07, 6.45) is 4.03. The van der Waals surface area contributed by atoms with Gasteiger partial charge in [0.25, 0.3) is 4.74 Å². The number of amidine groups is 1. The van der Waals surface area contributed by atoms with Crippen LogP contribution in [0, 0.1) is 0 Å². The van der Waals surface area contributed by atoms with Crippen molar-refractivity contribution in [3.63, 3.8) is 0 Å². The molecule has 1 amide bonds. The van der Waals surface area contributed by atoms with Gasteiger partial charge in [0.2, 0.25) is 5.70 Å². The molecule has 0 aromatic heterocycles. The lowest BCUT2D eigenvalue weighted by Gasteiger charge is -2.33. The van der Waals surface area contributed by atoms with Crippen LogP contribution in [0.3, 0.4) is 0 Å². The topological polar surface area (TPSA) is 88.4 Å². The minimum Gasteiger partial charge on any atom is -0.444 e. The zero-order valence-corrected chi connectivity index (χ0v) is 17.7. The number of carbonyl (C=O) groups excluding carboxylic acids is 1. The van der Waals surface area contributed by atoms with Crippen molar-refractivity contribution in [3.8, 4) is 0 Å². The standard InChI is InChI=1S/C15H19BrClN4O4S/c1-15(2,3)25-14(22)20-5-7-26(23,24)11(9-20)12-10-8-18-4-6-21(10,17)13(16)19-12/h4,6,8,11H,5,7,9H2,1-3H3/q+1. The molecule has 8 nitrogen and oxygen atoms in total. The second-order valence-electron chi connectivity index (χ2n) is 7.15. The molecule has 0 aromatic rings. The molecule has 1 saturated heterocycles. The Morgan fingerprint density at radius 3 is 2.81 bits per heavy atom. The maximum atomic E-state index is 12.7. The lowest BCUT2D eigenvalue weighted by atomic mass is 10.2. The molecule has 3 aliphatic heterocycles. The highest BCUT2D eigenvalue weighted by molar-refractivity contribution is 9.18. The largest absolute Gasteiger partial charge is 0.444 e. The molecule has 0 aliphatic carbocycles. The molecule has 1 fully saturated rings. The number of fused-ring (bicyclic) bond motifs is 1. The Bertz CT molecular complexity index is 875. The number of ether oxygens (including phenoxy) is 1. The first-order chi connectivity index (χ1) is 11.9. The molecule has 3 heterocycles. The highest BCUT2D eigenvalue weighted by Gasteiger charge is 2.50. The van der Waals surface area contributed by atoms with Crippen LogP contribution in [0.25, 0.3) is 0 Å². The SMILES string of the molecule is CC(C)(C)OC(=O)N1CCS(=O)(=O)C(C2=C3C=NC=C[N+]3(Cl)C(Br)=N2)C1. The number of quaternary nitrogens is 1. The summed E-state index contributed by atoms with van der Waals surface area (Å²) in [5.41, 5.74) is 0.0661. The number of hydrogen-bond acceptors (Lipinski definition) is 6. The maximum Gasteiger partial charge on any atom is 0.410 e. The van der Waals surface area contributed by atoms with E-state index in [2.05, 4.69) is 25.9 Å². The Kier molecular flexibility index (Phi) is 4.83. The van der Waals surface area contributed by atoms with E-state index >= 15 is 0 Å². The summed E-state index contributed by atoms with van der Waals surface area (Å²) in [5, 5.41) is -0.997. The number of rotatable bonds is 1. The van der Waals surface area contributed by atoms with Crippen LogP contribution in [-0.4, -0.2) is 64.1 Å². The molecule has 0 N–H and O–H groups in total. The van der Waals surface area contributed by atoms with E-state index in [1.165, 1.54) is 17.3 Å². The molecule has 26 heavy (non-hydrogen) atoms. The van der Waals surface area contributed by atoms with Crippen LogP contribution in [0.5, 0.6) is 0 Å². The summed E-state index contributed by atoms with van der Waals surface area (Å²) in [4.78, 5) is 22.2. The van der Waals surface area contributed by atoms with E-state index < -0.39 is 26.8 Å². The van der Waals surface area contributed by atoms with Crippen molar-refractivity contribution >= 4 is 54.6 Å². The van der Waals surface area contributed by atoms with Crippen LogP contribution in [0.1, 0.15) is 20.8 Å². The number of allylic oxidation sites excluding steroid dienone is 1. The zero-order valence-electron chi connectivity index (χ0n) is 14.5. The van der Waals surface area contributed by atoms with Gasteiger partial charge in [0.05, 0.1) is 18.2 Å². The van der Waals surface area contributed by atoms with Crippen molar-refractivity contribution < 1.29 is 22.0 Å². The van der Waals surface area contributed by atoms with Gasteiger partial charge < -0.3 is 9.64 Å². The third-order valence-electron chi connectivity index (χ3n) is 4.07. The van der Waals surface area contributed by atoms with E-state index in [0.29, 0.717) is 10.4 Å². The molecule has 0 radical (unpaired) electrons. The number of nitrogens with zero attached hydrogens (tertiary/aromatic N) is 4. The van der Waals surface area contributed by atoms with E-state index in [9.17, 15) is 13.2 Å². The summed E-state index contributed by atoms with van der Waals surface area (Å²) in [6.45, 7) is 5.31. The molecule has 0 aromatic carbocycles. The van der Waals surface area contributed by atoms with Crippen LogP contribution in [0.15, 0.2) is 33.8 Å². The van der Waals surface area contributed by atoms with Gasteiger partial charge in [-0.05, 0) is 20.8 Å². The van der Waals surface area contributed by atoms with E-state index in [4.69, 9.17) is 16.5 Å². The maximum absolute atomic E-state index is 12.7. The molecule has 2 atom stereocenters. The van der Waals surface area contributed by atoms with Gasteiger partial charge in [0, 0.05) is 29.0 Å². The van der Waals surface area contributed by atoms with Crippen LogP contribution in [0.4, 0.5) is 4.79 Å². The minimum atomic E-state index is -3.51. The summed E-state index contributed by atoms with van der Waals surface area (Å²) < 4.78 is 30.8. The normalized spacial score (nSPS) is 30.3. The number of sulfone groups is 1. The summed E-state index contributed by atoms with van der Waals surface area (Å²) >= 11 is 9.84. The highest BCUT2D eigenvalue weighted by atomic mass is 79.9. The first-order valence-electron chi connectivity index (χ1n) is 7.92. The molecule has 0 bridgehead atoms. The van der Waals surface area contributed by atoms with Gasteiger partial charge in [-0.15, -0.1) is 4.00 Å². The zero-order chi connectivity index (χ0) is 19.3. The molecular weight excluding hydrogens is 448 g/mol. The second-order valence-corrected chi connectivity index (χ2v) is 10.7. The van der Waals surface area contributed by atoms with Gasteiger partial charge in [-0.3, -0.25) is 4.99 Å². The Morgan fingerprint density at radius 2 is 2.15 bits per heavy atom. The monoisotopic (exact) mass is 465 g/mol. The van der Waals surface area contributed by atoms with Gasteiger partial charge in [-0.2, -0.15) is 4.99 Å². The number of halogens is 2. The molecule has 0 spiro atoms. The fourth-order valence-corrected chi connectivity index (χ4v) is 5.20. The molecule has 3 rings (SSSR count). The van der Waals surface area contributed by atoms with Gasteiger partial charge in [-0.25, -0.2) is 13.2 Å². The Labute approximate surface area is 165 Å². The lowest BCUT2D eigenvalue weighted by Crippen LogP contribution is -2.51. The molecular formula is C15H19BrClN4O4S+. The quantitative estimate of drug-likeness (QED) is 0.439. The molecule has 0 saturated carbocycles. The van der Waals surface area contributed by atoms with Crippen LogP contribution in [0.2, 0.25) is 0 Å². The van der Waals surface area contributed by atoms with Crippen molar-refractivity contribution in [3.05, 3.63) is 23.8 Å². The Balaban J connectivity index is 1.95. The molecule has 3 aliphatic rings. The molecule has 2 unspecified atom stereocenters. The number of carbonyl (C=O) groups is 1. The minimum absolute atomic E-state index is 0.0473. The second kappa shape index (κ2) is 6.43. The highest BCUT2D eigenvalue weighted by Crippen LogP contribution is 2.40. The van der Waals surface area contributed by atoms with E-state index in [1.807, 2.05) is 0 Å². The number of amides is 1. The predicted molar refractivity (Wildman–Crippen MR) is 103 cm³/mol. The van der Waals surface area contributed by atoms with Crippen LogP contribution in [-0.2, 0) is 14.6 Å². The number of hydrogen-bond donors (Lipinski definition) is 0. The summed E-state index contributed by atoms with van der Waals surface area (Å²) in [6, 6.07) is 0. The van der Waals surface area contributed by atoms with Gasteiger partial charge in [-0.1, -0.05) is 0 Å².